The lowest BCUT2D eigenvalue weighted by molar-refractivity contribution is 0.321. The van der Waals surface area contributed by atoms with Crippen molar-refractivity contribution >= 4 is 6.21 Å². The summed E-state index contributed by atoms with van der Waals surface area (Å²) >= 11 is 0. The molecule has 4 nitrogen and oxygen atoms in total. The van der Waals surface area contributed by atoms with Crippen LogP contribution in [0.25, 0.3) is 0 Å². The highest BCUT2D eigenvalue weighted by Crippen LogP contribution is 2.18. The lowest BCUT2D eigenvalue weighted by atomic mass is 10.2. The highest BCUT2D eigenvalue weighted by molar-refractivity contribution is 5.60. The van der Waals surface area contributed by atoms with Crippen molar-refractivity contribution in [3.63, 3.8) is 0 Å². The van der Waals surface area contributed by atoms with Gasteiger partial charge in [-0.05, 0) is 17.7 Å². The molecule has 2 aromatic rings. The Morgan fingerprint density at radius 3 is 2.65 bits per heavy atom. The van der Waals surface area contributed by atoms with Crippen LogP contribution in [-0.4, -0.2) is 16.4 Å². The molecule has 0 saturated heterocycles. The minimum atomic E-state index is 0.542. The van der Waals surface area contributed by atoms with Crippen LogP contribution in [-0.2, 0) is 6.42 Å². The highest BCUT2D eigenvalue weighted by Gasteiger charge is 1.98. The summed E-state index contributed by atoms with van der Waals surface area (Å²) in [5, 5.41) is 11.2. The molecule has 0 bridgehead atoms. The predicted molar refractivity (Wildman–Crippen MR) is 64.7 cm³/mol. The van der Waals surface area contributed by atoms with Gasteiger partial charge in [0.2, 0.25) is 5.88 Å². The first kappa shape index (κ1) is 11.1. The lowest BCUT2D eigenvalue weighted by Gasteiger charge is -2.04. The standard InChI is InChI=1S/C13H12N2O2/c16-15-9-8-11-6-7-13(14-10-11)17-12-4-2-1-3-5-12/h1-7,9-10,16H,8H2. The molecule has 17 heavy (non-hydrogen) atoms. The normalized spacial score (nSPS) is 10.6. The first-order valence-electron chi connectivity index (χ1n) is 5.22. The fourth-order valence-corrected chi connectivity index (χ4v) is 1.35. The molecule has 2 rings (SSSR count). The number of pyridine rings is 1. The average molecular weight is 228 g/mol. The molecule has 0 amide bonds. The Morgan fingerprint density at radius 2 is 2.00 bits per heavy atom. The van der Waals surface area contributed by atoms with Gasteiger partial charge >= 0.3 is 0 Å². The van der Waals surface area contributed by atoms with Crippen molar-refractivity contribution in [3.05, 3.63) is 54.2 Å². The largest absolute Gasteiger partial charge is 0.439 e. The summed E-state index contributed by atoms with van der Waals surface area (Å²) in [6, 6.07) is 13.1. The fourth-order valence-electron chi connectivity index (χ4n) is 1.35. The molecule has 0 aliphatic carbocycles. The molecular weight excluding hydrogens is 216 g/mol. The van der Waals surface area contributed by atoms with Gasteiger partial charge in [-0.3, -0.25) is 0 Å². The van der Waals surface area contributed by atoms with Crippen molar-refractivity contribution in [3.8, 4) is 11.6 Å². The molecule has 1 heterocycles. The van der Waals surface area contributed by atoms with Crippen LogP contribution in [0.5, 0.6) is 11.6 Å². The maximum Gasteiger partial charge on any atom is 0.219 e. The summed E-state index contributed by atoms with van der Waals surface area (Å²) in [5.74, 6) is 1.30. The van der Waals surface area contributed by atoms with Crippen LogP contribution in [0.3, 0.4) is 0 Å². The zero-order valence-corrected chi connectivity index (χ0v) is 9.15. The summed E-state index contributed by atoms with van der Waals surface area (Å²) in [5.41, 5.74) is 0.961. The van der Waals surface area contributed by atoms with Crippen LogP contribution in [0, 0.1) is 0 Å². The SMILES string of the molecule is ON=CCc1ccc(Oc2ccccc2)nc1. The Bertz CT molecular complexity index is 481. The highest BCUT2D eigenvalue weighted by atomic mass is 16.5. The van der Waals surface area contributed by atoms with Crippen molar-refractivity contribution in [2.24, 2.45) is 5.16 Å². The zero-order chi connectivity index (χ0) is 11.9. The number of para-hydroxylation sites is 1. The third kappa shape index (κ3) is 3.31. The van der Waals surface area contributed by atoms with Crippen LogP contribution >= 0.6 is 0 Å². The monoisotopic (exact) mass is 228 g/mol. The van der Waals surface area contributed by atoms with Crippen LogP contribution in [0.15, 0.2) is 53.8 Å². The summed E-state index contributed by atoms with van der Waals surface area (Å²) in [4.78, 5) is 4.16. The van der Waals surface area contributed by atoms with Crippen molar-refractivity contribution in [1.82, 2.24) is 4.98 Å². The Morgan fingerprint density at radius 1 is 1.18 bits per heavy atom. The molecule has 0 aliphatic rings. The van der Waals surface area contributed by atoms with Crippen molar-refractivity contribution in [1.29, 1.82) is 0 Å². The topological polar surface area (TPSA) is 54.7 Å². The lowest BCUT2D eigenvalue weighted by Crippen LogP contribution is -1.91. The van der Waals surface area contributed by atoms with Gasteiger partial charge in [0.1, 0.15) is 5.75 Å². The Balaban J connectivity index is 2.03. The Hall–Kier alpha value is -2.36. The van der Waals surface area contributed by atoms with E-state index in [0.717, 1.165) is 11.3 Å². The molecular formula is C13H12N2O2. The predicted octanol–water partition coefficient (Wildman–Crippen LogP) is 2.88. The number of hydrogen-bond acceptors (Lipinski definition) is 4. The zero-order valence-electron chi connectivity index (χ0n) is 9.15. The van der Waals surface area contributed by atoms with E-state index in [4.69, 9.17) is 9.94 Å². The Labute approximate surface area is 99.2 Å². The van der Waals surface area contributed by atoms with Gasteiger partial charge in [-0.15, -0.1) is 5.16 Å². The van der Waals surface area contributed by atoms with Gasteiger partial charge in [-0.25, -0.2) is 4.98 Å². The number of rotatable bonds is 4. The molecule has 4 heteroatoms. The number of ether oxygens (including phenoxy) is 1. The second-order valence-electron chi connectivity index (χ2n) is 3.42. The molecule has 0 atom stereocenters. The van der Waals surface area contributed by atoms with E-state index in [-0.39, 0.29) is 0 Å². The number of oxime groups is 1. The van der Waals surface area contributed by atoms with Gasteiger partial charge in [-0.2, -0.15) is 0 Å². The molecule has 1 N–H and O–H groups in total. The van der Waals surface area contributed by atoms with E-state index in [2.05, 4.69) is 10.1 Å². The van der Waals surface area contributed by atoms with E-state index in [1.165, 1.54) is 6.21 Å². The first-order valence-corrected chi connectivity index (χ1v) is 5.22. The quantitative estimate of drug-likeness (QED) is 0.497. The molecule has 1 aromatic heterocycles. The number of nitrogens with zero attached hydrogens (tertiary/aromatic N) is 2. The smallest absolute Gasteiger partial charge is 0.219 e. The molecule has 0 fully saturated rings. The summed E-state index contributed by atoms with van der Waals surface area (Å²) in [6.07, 6.45) is 3.66. The number of hydrogen-bond donors (Lipinski definition) is 1. The molecule has 0 aliphatic heterocycles. The summed E-state index contributed by atoms with van der Waals surface area (Å²) < 4.78 is 5.54. The van der Waals surface area contributed by atoms with E-state index in [1.807, 2.05) is 36.4 Å². The number of benzene rings is 1. The van der Waals surface area contributed by atoms with Gasteiger partial charge in [0, 0.05) is 24.9 Å². The number of aromatic nitrogens is 1. The van der Waals surface area contributed by atoms with Gasteiger partial charge < -0.3 is 9.94 Å². The van der Waals surface area contributed by atoms with Crippen molar-refractivity contribution < 1.29 is 9.94 Å². The van der Waals surface area contributed by atoms with Crippen LogP contribution in [0.4, 0.5) is 0 Å². The summed E-state index contributed by atoms with van der Waals surface area (Å²) in [6.45, 7) is 0. The maximum absolute atomic E-state index is 8.30. The second-order valence-corrected chi connectivity index (χ2v) is 3.42. The molecule has 0 spiro atoms. The molecule has 0 unspecified atom stereocenters. The van der Waals surface area contributed by atoms with Gasteiger partial charge in [-0.1, -0.05) is 24.3 Å². The molecule has 86 valence electrons. The maximum atomic E-state index is 8.30. The second kappa shape index (κ2) is 5.65. The summed E-state index contributed by atoms with van der Waals surface area (Å²) in [7, 11) is 0. The average Bonchev–Trinajstić information content (AvgIpc) is 2.39. The molecule has 1 aromatic carbocycles. The van der Waals surface area contributed by atoms with Crippen LogP contribution in [0.1, 0.15) is 5.56 Å². The van der Waals surface area contributed by atoms with Crippen LogP contribution < -0.4 is 4.74 Å². The molecule has 0 radical (unpaired) electrons. The van der Waals surface area contributed by atoms with Gasteiger partial charge in [0.15, 0.2) is 0 Å². The fraction of sp³-hybridized carbons (Fsp3) is 0.0769. The van der Waals surface area contributed by atoms with Gasteiger partial charge in [0.05, 0.1) is 0 Å². The minimum absolute atomic E-state index is 0.542. The van der Waals surface area contributed by atoms with Crippen molar-refractivity contribution in [2.75, 3.05) is 0 Å². The molecule has 0 saturated carbocycles. The first-order chi connectivity index (χ1) is 8.38. The van der Waals surface area contributed by atoms with E-state index < -0.39 is 0 Å². The van der Waals surface area contributed by atoms with E-state index in [1.54, 1.807) is 12.3 Å². The van der Waals surface area contributed by atoms with Crippen LogP contribution in [0.2, 0.25) is 0 Å². The van der Waals surface area contributed by atoms with E-state index in [0.29, 0.717) is 12.3 Å². The van der Waals surface area contributed by atoms with E-state index in [9.17, 15) is 0 Å². The third-order valence-corrected chi connectivity index (χ3v) is 2.17. The minimum Gasteiger partial charge on any atom is -0.439 e. The van der Waals surface area contributed by atoms with Crippen molar-refractivity contribution in [2.45, 2.75) is 6.42 Å². The van der Waals surface area contributed by atoms with E-state index >= 15 is 0 Å². The third-order valence-electron chi connectivity index (χ3n) is 2.17. The Kier molecular flexibility index (Phi) is 3.70. The van der Waals surface area contributed by atoms with Gasteiger partial charge in [0.25, 0.3) is 0 Å².